The molecule has 3 heterocycles. The zero-order valence-corrected chi connectivity index (χ0v) is 25.6. The van der Waals surface area contributed by atoms with Gasteiger partial charge in [0.2, 0.25) is 0 Å². The minimum Gasteiger partial charge on any atom is -0.507 e. The van der Waals surface area contributed by atoms with Gasteiger partial charge in [-0.1, -0.05) is 31.3 Å². The molecule has 6 rings (SSSR count). The van der Waals surface area contributed by atoms with Gasteiger partial charge in [0.25, 0.3) is 5.78 Å². The van der Waals surface area contributed by atoms with Crippen molar-refractivity contribution >= 4 is 44.1 Å². The van der Waals surface area contributed by atoms with E-state index in [0.717, 1.165) is 11.1 Å². The van der Waals surface area contributed by atoms with E-state index in [1.54, 1.807) is 55.6 Å². The van der Waals surface area contributed by atoms with Crippen LogP contribution in [-0.2, 0) is 9.59 Å². The fourth-order valence-corrected chi connectivity index (χ4v) is 6.21. The standard InChI is InChI=1S/C33H32N2O8S/c1-18(2)11-12-41-23-9-5-19(15-25(23)40-4)29-28(30(36)20-6-10-24-26(16-20)43-14-13-42-24)31(37)32(38)35(29)33-34-22-8-7-21(39-3)17-27(22)44-33/h5-10,15-18,29,36H,11-14H2,1-4H3/t29-/m0/s1. The number of Topliss-reactive ketones (excluding diaryl/α,β-unsaturated/α-hetero) is 1. The van der Waals surface area contributed by atoms with E-state index in [1.807, 2.05) is 6.07 Å². The van der Waals surface area contributed by atoms with Gasteiger partial charge in [0.1, 0.15) is 24.7 Å². The second-order valence-corrected chi connectivity index (χ2v) is 11.8. The van der Waals surface area contributed by atoms with Crippen molar-refractivity contribution in [1.29, 1.82) is 0 Å². The van der Waals surface area contributed by atoms with Gasteiger partial charge in [-0.15, -0.1) is 0 Å². The zero-order chi connectivity index (χ0) is 31.0. The second kappa shape index (κ2) is 12.1. The van der Waals surface area contributed by atoms with Crippen LogP contribution in [0.1, 0.15) is 37.4 Å². The number of aliphatic hydroxyl groups is 1. The van der Waals surface area contributed by atoms with Crippen molar-refractivity contribution in [2.24, 2.45) is 5.92 Å². The highest BCUT2D eigenvalue weighted by atomic mass is 32.1. The molecule has 2 aliphatic heterocycles. The third kappa shape index (κ3) is 5.39. The Balaban J connectivity index is 1.49. The molecule has 0 bridgehead atoms. The molecule has 3 aromatic carbocycles. The number of methoxy groups -OCH3 is 2. The first-order valence-electron chi connectivity index (χ1n) is 14.3. The Kier molecular flexibility index (Phi) is 8.05. The molecule has 10 nitrogen and oxygen atoms in total. The quantitative estimate of drug-likeness (QED) is 0.135. The Hall–Kier alpha value is -4.77. The average molecular weight is 617 g/mol. The van der Waals surface area contributed by atoms with Gasteiger partial charge in [-0.05, 0) is 66.4 Å². The van der Waals surface area contributed by atoms with Crippen molar-refractivity contribution in [3.63, 3.8) is 0 Å². The molecule has 228 valence electrons. The molecule has 0 spiro atoms. The Labute approximate surface area is 258 Å². The van der Waals surface area contributed by atoms with Crippen LogP contribution in [0.15, 0.2) is 60.2 Å². The predicted octanol–water partition coefficient (Wildman–Crippen LogP) is 6.14. The van der Waals surface area contributed by atoms with Crippen molar-refractivity contribution in [1.82, 2.24) is 4.98 Å². The summed E-state index contributed by atoms with van der Waals surface area (Å²) >= 11 is 1.25. The van der Waals surface area contributed by atoms with Crippen LogP contribution in [0, 0.1) is 5.92 Å². The van der Waals surface area contributed by atoms with E-state index in [4.69, 9.17) is 28.7 Å². The largest absolute Gasteiger partial charge is 0.507 e. The number of ether oxygens (including phenoxy) is 5. The maximum atomic E-state index is 13.8. The number of ketones is 1. The number of anilines is 1. The van der Waals surface area contributed by atoms with Gasteiger partial charge < -0.3 is 28.8 Å². The molecule has 1 amide bonds. The maximum Gasteiger partial charge on any atom is 0.301 e. The van der Waals surface area contributed by atoms with Crippen LogP contribution < -0.4 is 28.6 Å². The normalized spacial score (nSPS) is 17.4. The number of hydrogen-bond acceptors (Lipinski definition) is 10. The number of thiazole rings is 1. The molecule has 1 saturated heterocycles. The molecule has 1 N–H and O–H groups in total. The van der Waals surface area contributed by atoms with Gasteiger partial charge in [-0.3, -0.25) is 14.5 Å². The van der Waals surface area contributed by atoms with Crippen LogP contribution in [0.4, 0.5) is 5.13 Å². The smallest absolute Gasteiger partial charge is 0.301 e. The summed E-state index contributed by atoms with van der Waals surface area (Å²) < 4.78 is 29.1. The number of aromatic nitrogens is 1. The monoisotopic (exact) mass is 616 g/mol. The van der Waals surface area contributed by atoms with Gasteiger partial charge in [-0.25, -0.2) is 4.98 Å². The number of carbonyl (C=O) groups excluding carboxylic acids is 2. The summed E-state index contributed by atoms with van der Waals surface area (Å²) in [6, 6.07) is 14.5. The third-order valence-corrected chi connectivity index (χ3v) is 8.52. The molecule has 0 unspecified atom stereocenters. The van der Waals surface area contributed by atoms with Crippen LogP contribution in [0.2, 0.25) is 0 Å². The predicted molar refractivity (Wildman–Crippen MR) is 166 cm³/mol. The summed E-state index contributed by atoms with van der Waals surface area (Å²) in [5.41, 5.74) is 1.41. The van der Waals surface area contributed by atoms with Gasteiger partial charge in [0.15, 0.2) is 28.1 Å². The Morgan fingerprint density at radius 3 is 2.55 bits per heavy atom. The number of rotatable bonds is 9. The van der Waals surface area contributed by atoms with Crippen molar-refractivity contribution in [2.45, 2.75) is 26.3 Å². The Morgan fingerprint density at radius 1 is 1.00 bits per heavy atom. The van der Waals surface area contributed by atoms with E-state index in [0.29, 0.717) is 76.3 Å². The number of fused-ring (bicyclic) bond motifs is 2. The van der Waals surface area contributed by atoms with E-state index >= 15 is 0 Å². The Morgan fingerprint density at radius 2 is 1.80 bits per heavy atom. The van der Waals surface area contributed by atoms with Gasteiger partial charge in [-0.2, -0.15) is 0 Å². The summed E-state index contributed by atoms with van der Waals surface area (Å²) in [5.74, 6) is 1.07. The summed E-state index contributed by atoms with van der Waals surface area (Å²) in [6.45, 7) is 5.51. The molecular formula is C33H32N2O8S. The Bertz CT molecular complexity index is 1780. The van der Waals surface area contributed by atoms with E-state index in [9.17, 15) is 14.7 Å². The van der Waals surface area contributed by atoms with Crippen LogP contribution in [0.3, 0.4) is 0 Å². The van der Waals surface area contributed by atoms with Gasteiger partial charge >= 0.3 is 5.91 Å². The lowest BCUT2D eigenvalue weighted by Gasteiger charge is -2.24. The summed E-state index contributed by atoms with van der Waals surface area (Å²) in [4.78, 5) is 33.5. The lowest BCUT2D eigenvalue weighted by molar-refractivity contribution is -0.132. The third-order valence-electron chi connectivity index (χ3n) is 7.51. The molecule has 0 radical (unpaired) electrons. The molecule has 1 fully saturated rings. The van der Waals surface area contributed by atoms with Crippen LogP contribution in [-0.4, -0.2) is 55.8 Å². The first-order valence-corrected chi connectivity index (χ1v) is 15.1. The van der Waals surface area contributed by atoms with E-state index in [-0.39, 0.29) is 11.3 Å². The first-order chi connectivity index (χ1) is 21.3. The molecule has 4 aromatic rings. The molecule has 1 aromatic heterocycles. The highest BCUT2D eigenvalue weighted by Crippen LogP contribution is 2.46. The lowest BCUT2D eigenvalue weighted by Crippen LogP contribution is -2.29. The molecule has 44 heavy (non-hydrogen) atoms. The molecule has 2 aliphatic rings. The molecule has 0 aliphatic carbocycles. The molecule has 0 saturated carbocycles. The van der Waals surface area contributed by atoms with Crippen molar-refractivity contribution in [3.8, 4) is 28.7 Å². The maximum absolute atomic E-state index is 13.8. The number of nitrogens with zero attached hydrogens (tertiary/aromatic N) is 2. The van der Waals surface area contributed by atoms with E-state index in [1.165, 1.54) is 23.3 Å². The van der Waals surface area contributed by atoms with Gasteiger partial charge in [0, 0.05) is 5.56 Å². The highest BCUT2D eigenvalue weighted by molar-refractivity contribution is 7.22. The van der Waals surface area contributed by atoms with Crippen LogP contribution >= 0.6 is 11.3 Å². The van der Waals surface area contributed by atoms with Crippen molar-refractivity contribution in [3.05, 3.63) is 71.3 Å². The lowest BCUT2D eigenvalue weighted by atomic mass is 9.95. The first kappa shape index (κ1) is 29.3. The number of aliphatic hydroxyl groups excluding tert-OH is 1. The number of benzene rings is 3. The van der Waals surface area contributed by atoms with E-state index in [2.05, 4.69) is 13.8 Å². The average Bonchev–Trinajstić information content (AvgIpc) is 3.57. The topological polar surface area (TPSA) is 117 Å². The second-order valence-electron chi connectivity index (χ2n) is 10.8. The number of amides is 1. The zero-order valence-electron chi connectivity index (χ0n) is 24.8. The highest BCUT2D eigenvalue weighted by Gasteiger charge is 2.48. The molecule has 1 atom stereocenters. The minimum atomic E-state index is -1.01. The number of hydrogen-bond donors (Lipinski definition) is 1. The summed E-state index contributed by atoms with van der Waals surface area (Å²) in [6.07, 6.45) is 0.864. The van der Waals surface area contributed by atoms with Gasteiger partial charge in [0.05, 0.1) is 42.7 Å². The van der Waals surface area contributed by atoms with Crippen LogP contribution in [0.5, 0.6) is 28.7 Å². The number of carbonyl (C=O) groups is 2. The fraction of sp³-hybridized carbons (Fsp3) is 0.303. The fourth-order valence-electron chi connectivity index (χ4n) is 5.19. The van der Waals surface area contributed by atoms with E-state index < -0.39 is 17.7 Å². The van der Waals surface area contributed by atoms with Crippen LogP contribution in [0.25, 0.3) is 16.0 Å². The molecular weight excluding hydrogens is 584 g/mol. The minimum absolute atomic E-state index is 0.0842. The van der Waals surface area contributed by atoms with Crippen molar-refractivity contribution in [2.75, 3.05) is 38.9 Å². The summed E-state index contributed by atoms with van der Waals surface area (Å²) in [5, 5.41) is 12.0. The molecule has 11 heteroatoms. The SMILES string of the molecule is COc1ccc2nc(N3C(=O)C(=O)C(=C(O)c4ccc5c(c4)OCCO5)[C@@H]3c3ccc(OCCC(C)C)c(OC)c3)sc2c1. The summed E-state index contributed by atoms with van der Waals surface area (Å²) in [7, 11) is 3.10. The van der Waals surface area contributed by atoms with Crippen molar-refractivity contribution < 1.29 is 38.4 Å².